The maximum absolute atomic E-state index is 11.9. The van der Waals surface area contributed by atoms with Gasteiger partial charge in [0.2, 0.25) is 0 Å². The summed E-state index contributed by atoms with van der Waals surface area (Å²) in [5.74, 6) is 0.679. The van der Waals surface area contributed by atoms with E-state index in [0.29, 0.717) is 25.5 Å². The molecule has 0 spiro atoms. The van der Waals surface area contributed by atoms with Gasteiger partial charge in [0.1, 0.15) is 11.7 Å². The lowest BCUT2D eigenvalue weighted by molar-refractivity contribution is -0.199. The molecule has 0 saturated heterocycles. The van der Waals surface area contributed by atoms with Gasteiger partial charge in [0.25, 0.3) is 0 Å². The van der Waals surface area contributed by atoms with Crippen LogP contribution < -0.4 is 0 Å². The molecule has 0 amide bonds. The predicted molar refractivity (Wildman–Crippen MR) is 95.1 cm³/mol. The van der Waals surface area contributed by atoms with Gasteiger partial charge in [-0.25, -0.2) is 0 Å². The molecule has 144 valence electrons. The Balaban J connectivity index is 1.73. The highest BCUT2D eigenvalue weighted by Crippen LogP contribution is 2.67. The van der Waals surface area contributed by atoms with Gasteiger partial charge in [0.05, 0.1) is 6.10 Å². The molecule has 0 unspecified atom stereocenters. The zero-order valence-corrected chi connectivity index (χ0v) is 15.6. The molecule has 4 aliphatic rings. The SMILES string of the molecule is C[C@]12CCC(=O)C=C1CC[C@@H]1[C@@H]2[C@@H](O)C[C@@]2(C)[C@H]1CC[C@]2(O)[C@@H](O)C=O. The van der Waals surface area contributed by atoms with Crippen LogP contribution in [0, 0.1) is 28.6 Å². The van der Waals surface area contributed by atoms with Crippen LogP contribution in [0.15, 0.2) is 11.6 Å². The zero-order valence-electron chi connectivity index (χ0n) is 15.6. The quantitative estimate of drug-likeness (QED) is 0.651. The van der Waals surface area contributed by atoms with Gasteiger partial charge in [-0.3, -0.25) is 4.79 Å². The fourth-order valence-corrected chi connectivity index (χ4v) is 7.32. The van der Waals surface area contributed by atoms with Crippen LogP contribution in [0.5, 0.6) is 0 Å². The zero-order chi connectivity index (χ0) is 18.9. The molecule has 3 N–H and O–H groups in total. The average molecular weight is 362 g/mol. The second-order valence-electron chi connectivity index (χ2n) is 9.62. The topological polar surface area (TPSA) is 94.8 Å². The van der Waals surface area contributed by atoms with E-state index in [9.17, 15) is 24.9 Å². The second kappa shape index (κ2) is 5.73. The molecule has 0 aromatic carbocycles. The van der Waals surface area contributed by atoms with Gasteiger partial charge in [-0.2, -0.15) is 0 Å². The molecule has 0 aliphatic heterocycles. The molecule has 5 nitrogen and oxygen atoms in total. The van der Waals surface area contributed by atoms with Crippen LogP contribution in [0.25, 0.3) is 0 Å². The number of aliphatic hydroxyl groups excluding tert-OH is 2. The highest BCUT2D eigenvalue weighted by Gasteiger charge is 2.68. The third-order valence-electron chi connectivity index (χ3n) is 8.73. The van der Waals surface area contributed by atoms with Crippen molar-refractivity contribution >= 4 is 12.1 Å². The Morgan fingerprint density at radius 2 is 1.96 bits per heavy atom. The van der Waals surface area contributed by atoms with Crippen LogP contribution in [0.1, 0.15) is 58.8 Å². The van der Waals surface area contributed by atoms with E-state index in [0.717, 1.165) is 25.7 Å². The highest BCUT2D eigenvalue weighted by molar-refractivity contribution is 5.91. The Bertz CT molecular complexity index is 671. The summed E-state index contributed by atoms with van der Waals surface area (Å²) >= 11 is 0. The minimum Gasteiger partial charge on any atom is -0.393 e. The first-order chi connectivity index (χ1) is 12.2. The van der Waals surface area contributed by atoms with Gasteiger partial charge in [0, 0.05) is 11.8 Å². The predicted octanol–water partition coefficient (Wildman–Crippen LogP) is 1.78. The molecular weight excluding hydrogens is 332 g/mol. The first-order valence-electron chi connectivity index (χ1n) is 9.95. The van der Waals surface area contributed by atoms with E-state index < -0.39 is 23.2 Å². The van der Waals surface area contributed by atoms with E-state index >= 15 is 0 Å². The van der Waals surface area contributed by atoms with E-state index in [4.69, 9.17) is 0 Å². The number of carbonyl (C=O) groups excluding carboxylic acids is 2. The maximum atomic E-state index is 11.9. The molecule has 0 aromatic rings. The molecule has 4 aliphatic carbocycles. The number of carbonyl (C=O) groups is 2. The number of ketones is 1. The van der Waals surface area contributed by atoms with E-state index in [1.54, 1.807) is 6.08 Å². The van der Waals surface area contributed by atoms with Gasteiger partial charge < -0.3 is 20.1 Å². The van der Waals surface area contributed by atoms with Crippen LogP contribution >= 0.6 is 0 Å². The Hall–Kier alpha value is -1.04. The monoisotopic (exact) mass is 362 g/mol. The van der Waals surface area contributed by atoms with Crippen molar-refractivity contribution in [1.29, 1.82) is 0 Å². The molecular formula is C21H30O5. The van der Waals surface area contributed by atoms with E-state index in [1.165, 1.54) is 5.57 Å². The summed E-state index contributed by atoms with van der Waals surface area (Å²) in [6.07, 6.45) is 4.82. The smallest absolute Gasteiger partial charge is 0.155 e. The molecule has 0 bridgehead atoms. The number of hydrogen-bond acceptors (Lipinski definition) is 5. The van der Waals surface area contributed by atoms with Crippen molar-refractivity contribution in [3.05, 3.63) is 11.6 Å². The third-order valence-corrected chi connectivity index (χ3v) is 8.73. The molecule has 0 heterocycles. The normalized spacial score (nSPS) is 51.7. The standard InChI is InChI=1S/C21H30O5/c1-19-7-5-13(23)9-12(19)3-4-14-15-6-8-21(26,17(25)11-22)20(15,2)10-16(24)18(14)19/h9,11,14-18,24-26H,3-8,10H2,1-2H3/t14-,15-,16-,17-,18+,19-,20-,21-/m0/s1. The number of fused-ring (bicyclic) bond motifs is 5. The fraction of sp³-hybridized carbons (Fsp3) is 0.810. The van der Waals surface area contributed by atoms with Gasteiger partial charge in [-0.1, -0.05) is 19.4 Å². The largest absolute Gasteiger partial charge is 0.393 e. The number of aldehydes is 1. The lowest BCUT2D eigenvalue weighted by Crippen LogP contribution is -2.62. The van der Waals surface area contributed by atoms with Crippen LogP contribution in [0.4, 0.5) is 0 Å². The third kappa shape index (κ3) is 2.14. The first-order valence-corrected chi connectivity index (χ1v) is 9.95. The first kappa shape index (κ1) is 18.3. The van der Waals surface area contributed by atoms with E-state index in [2.05, 4.69) is 6.92 Å². The fourth-order valence-electron chi connectivity index (χ4n) is 7.32. The molecule has 5 heteroatoms. The van der Waals surface area contributed by atoms with Crippen molar-refractivity contribution < 1.29 is 24.9 Å². The summed E-state index contributed by atoms with van der Waals surface area (Å²) in [6, 6.07) is 0. The summed E-state index contributed by atoms with van der Waals surface area (Å²) in [6.45, 7) is 4.13. The van der Waals surface area contributed by atoms with E-state index in [1.807, 2.05) is 6.92 Å². The van der Waals surface area contributed by atoms with Crippen molar-refractivity contribution in [2.45, 2.75) is 76.6 Å². The van der Waals surface area contributed by atoms with Gasteiger partial charge in [0.15, 0.2) is 12.1 Å². The van der Waals surface area contributed by atoms with Crippen molar-refractivity contribution in [3.63, 3.8) is 0 Å². The number of rotatable bonds is 2. The Morgan fingerprint density at radius 3 is 2.65 bits per heavy atom. The minimum atomic E-state index is -1.47. The molecule has 0 radical (unpaired) electrons. The molecule has 3 fully saturated rings. The summed E-state index contributed by atoms with van der Waals surface area (Å²) < 4.78 is 0. The summed E-state index contributed by atoms with van der Waals surface area (Å²) in [4.78, 5) is 23.1. The number of hydrogen-bond donors (Lipinski definition) is 3. The van der Waals surface area contributed by atoms with Crippen molar-refractivity contribution in [1.82, 2.24) is 0 Å². The Morgan fingerprint density at radius 1 is 1.23 bits per heavy atom. The van der Waals surface area contributed by atoms with Gasteiger partial charge in [-0.15, -0.1) is 0 Å². The molecule has 3 saturated carbocycles. The van der Waals surface area contributed by atoms with Gasteiger partial charge >= 0.3 is 0 Å². The molecule has 0 aromatic heterocycles. The highest BCUT2D eigenvalue weighted by atomic mass is 16.3. The van der Waals surface area contributed by atoms with Crippen LogP contribution in [-0.2, 0) is 9.59 Å². The lowest BCUT2D eigenvalue weighted by Gasteiger charge is -2.61. The van der Waals surface area contributed by atoms with Crippen LogP contribution in [-0.4, -0.2) is 45.2 Å². The Labute approximate surface area is 154 Å². The number of allylic oxidation sites excluding steroid dienone is 1. The summed E-state index contributed by atoms with van der Waals surface area (Å²) in [5, 5.41) is 32.6. The second-order valence-corrected chi connectivity index (χ2v) is 9.62. The average Bonchev–Trinajstić information content (AvgIpc) is 2.86. The van der Waals surface area contributed by atoms with Crippen LogP contribution in [0.3, 0.4) is 0 Å². The Kier molecular flexibility index (Phi) is 4.04. The van der Waals surface area contributed by atoms with E-state index in [-0.39, 0.29) is 29.0 Å². The van der Waals surface area contributed by atoms with Crippen molar-refractivity contribution in [2.75, 3.05) is 0 Å². The minimum absolute atomic E-state index is 0.0735. The van der Waals surface area contributed by atoms with Crippen molar-refractivity contribution in [2.24, 2.45) is 28.6 Å². The van der Waals surface area contributed by atoms with Crippen molar-refractivity contribution in [3.8, 4) is 0 Å². The lowest BCUT2D eigenvalue weighted by atomic mass is 9.45. The summed E-state index contributed by atoms with van der Waals surface area (Å²) in [5.41, 5.74) is -1.12. The molecule has 26 heavy (non-hydrogen) atoms. The molecule has 8 atom stereocenters. The van der Waals surface area contributed by atoms with Gasteiger partial charge in [-0.05, 0) is 67.8 Å². The molecule has 4 rings (SSSR count). The maximum Gasteiger partial charge on any atom is 0.155 e. The number of aliphatic hydroxyl groups is 3. The summed E-state index contributed by atoms with van der Waals surface area (Å²) in [7, 11) is 0. The van der Waals surface area contributed by atoms with Crippen LogP contribution in [0.2, 0.25) is 0 Å².